The third-order valence-electron chi connectivity index (χ3n) is 2.89. The zero-order valence-electron chi connectivity index (χ0n) is 10.7. The van der Waals surface area contributed by atoms with Crippen LogP contribution in [0.3, 0.4) is 0 Å². The van der Waals surface area contributed by atoms with Crippen LogP contribution in [-0.2, 0) is 6.42 Å². The summed E-state index contributed by atoms with van der Waals surface area (Å²) < 4.78 is 0. The molecule has 0 saturated carbocycles. The molecule has 3 aromatic rings. The minimum absolute atomic E-state index is 0.337. The van der Waals surface area contributed by atoms with Crippen molar-refractivity contribution < 1.29 is 0 Å². The molecule has 0 fully saturated rings. The molecular formula is C15H9Cl3N2S. The summed E-state index contributed by atoms with van der Waals surface area (Å²) in [5.41, 5.74) is 1.41. The van der Waals surface area contributed by atoms with Gasteiger partial charge in [0.1, 0.15) is 16.1 Å². The van der Waals surface area contributed by atoms with E-state index < -0.39 is 0 Å². The van der Waals surface area contributed by atoms with E-state index in [4.69, 9.17) is 34.8 Å². The number of hydrogen-bond donors (Lipinski definition) is 0. The van der Waals surface area contributed by atoms with Crippen molar-refractivity contribution in [3.8, 4) is 11.1 Å². The van der Waals surface area contributed by atoms with Crippen molar-refractivity contribution in [2.75, 3.05) is 0 Å². The molecule has 0 radical (unpaired) electrons. The average Bonchev–Trinajstić information content (AvgIpc) is 2.91. The molecule has 0 atom stereocenters. The summed E-state index contributed by atoms with van der Waals surface area (Å²) in [5, 5.41) is 3.30. The zero-order valence-corrected chi connectivity index (χ0v) is 13.8. The Morgan fingerprint density at radius 3 is 2.33 bits per heavy atom. The SMILES string of the molecule is Clc1cccc(-c2c(Cl)nc(Cc3cccs3)nc2Cl)c1. The van der Waals surface area contributed by atoms with E-state index in [0.29, 0.717) is 33.1 Å². The molecule has 3 rings (SSSR count). The Labute approximate surface area is 141 Å². The fourth-order valence-electron chi connectivity index (χ4n) is 1.98. The molecule has 0 N–H and O–H groups in total. The Morgan fingerprint density at radius 2 is 1.71 bits per heavy atom. The van der Waals surface area contributed by atoms with Crippen molar-refractivity contribution in [1.82, 2.24) is 9.97 Å². The molecule has 0 aliphatic rings. The summed E-state index contributed by atoms with van der Waals surface area (Å²) in [6, 6.07) is 11.3. The lowest BCUT2D eigenvalue weighted by Crippen LogP contribution is -1.98. The van der Waals surface area contributed by atoms with Gasteiger partial charge in [-0.15, -0.1) is 11.3 Å². The Morgan fingerprint density at radius 1 is 0.952 bits per heavy atom. The maximum absolute atomic E-state index is 6.29. The van der Waals surface area contributed by atoms with Crippen LogP contribution < -0.4 is 0 Å². The first-order chi connectivity index (χ1) is 10.1. The quantitative estimate of drug-likeness (QED) is 0.558. The largest absolute Gasteiger partial charge is 0.220 e. The molecule has 2 heterocycles. The maximum atomic E-state index is 6.29. The number of aromatic nitrogens is 2. The third kappa shape index (κ3) is 3.38. The predicted octanol–water partition coefficient (Wildman–Crippen LogP) is 5.76. The second kappa shape index (κ2) is 6.32. The summed E-state index contributed by atoms with van der Waals surface area (Å²) >= 11 is 20.2. The van der Waals surface area contributed by atoms with E-state index in [-0.39, 0.29) is 0 Å². The van der Waals surface area contributed by atoms with Gasteiger partial charge in [-0.25, -0.2) is 9.97 Å². The molecule has 2 aromatic heterocycles. The van der Waals surface area contributed by atoms with Crippen LogP contribution >= 0.6 is 46.1 Å². The molecule has 0 unspecified atom stereocenters. The van der Waals surface area contributed by atoms with E-state index in [1.54, 1.807) is 23.5 Å². The van der Waals surface area contributed by atoms with Gasteiger partial charge in [0.15, 0.2) is 0 Å². The maximum Gasteiger partial charge on any atom is 0.142 e. The van der Waals surface area contributed by atoms with E-state index in [2.05, 4.69) is 9.97 Å². The number of thiophene rings is 1. The molecule has 0 aliphatic carbocycles. The molecule has 0 saturated heterocycles. The van der Waals surface area contributed by atoms with Crippen molar-refractivity contribution in [1.29, 1.82) is 0 Å². The molecule has 0 spiro atoms. The van der Waals surface area contributed by atoms with Gasteiger partial charge in [0, 0.05) is 16.3 Å². The van der Waals surface area contributed by atoms with Gasteiger partial charge in [0.25, 0.3) is 0 Å². The highest BCUT2D eigenvalue weighted by atomic mass is 35.5. The number of hydrogen-bond acceptors (Lipinski definition) is 3. The first kappa shape index (κ1) is 14.8. The summed E-state index contributed by atoms with van der Waals surface area (Å²) in [6.07, 6.45) is 0.618. The molecule has 6 heteroatoms. The van der Waals surface area contributed by atoms with Crippen LogP contribution in [-0.4, -0.2) is 9.97 Å². The van der Waals surface area contributed by atoms with Gasteiger partial charge in [-0.1, -0.05) is 53.0 Å². The Balaban J connectivity index is 2.00. The van der Waals surface area contributed by atoms with Gasteiger partial charge in [0.05, 0.1) is 5.56 Å². The minimum atomic E-state index is 0.337. The third-order valence-corrected chi connectivity index (χ3v) is 4.55. The van der Waals surface area contributed by atoms with E-state index in [0.717, 1.165) is 10.4 Å². The normalized spacial score (nSPS) is 10.8. The Bertz CT molecular complexity index is 749. The number of benzene rings is 1. The van der Waals surface area contributed by atoms with Crippen molar-refractivity contribution >= 4 is 46.1 Å². The zero-order chi connectivity index (χ0) is 14.8. The Kier molecular flexibility index (Phi) is 4.45. The first-order valence-corrected chi connectivity index (χ1v) is 8.15. The summed E-state index contributed by atoms with van der Waals surface area (Å²) in [6.45, 7) is 0. The van der Waals surface area contributed by atoms with Gasteiger partial charge < -0.3 is 0 Å². The van der Waals surface area contributed by atoms with Crippen molar-refractivity contribution in [3.63, 3.8) is 0 Å². The molecule has 0 bridgehead atoms. The van der Waals surface area contributed by atoms with Crippen molar-refractivity contribution in [2.45, 2.75) is 6.42 Å². The summed E-state index contributed by atoms with van der Waals surface area (Å²) in [7, 11) is 0. The molecule has 0 amide bonds. The Hall–Kier alpha value is -1.13. The molecule has 0 aliphatic heterocycles. The fourth-order valence-corrected chi connectivity index (χ4v) is 3.51. The van der Waals surface area contributed by atoms with Crippen LogP contribution in [0.1, 0.15) is 10.7 Å². The highest BCUT2D eigenvalue weighted by molar-refractivity contribution is 7.09. The van der Waals surface area contributed by atoms with Crippen LogP contribution in [0, 0.1) is 0 Å². The average molecular weight is 356 g/mol. The topological polar surface area (TPSA) is 25.8 Å². The minimum Gasteiger partial charge on any atom is -0.220 e. The van der Waals surface area contributed by atoms with Crippen molar-refractivity contribution in [3.05, 3.63) is 67.8 Å². The first-order valence-electron chi connectivity index (χ1n) is 6.14. The van der Waals surface area contributed by atoms with Crippen LogP contribution in [0.2, 0.25) is 15.3 Å². The lowest BCUT2D eigenvalue weighted by atomic mass is 10.1. The summed E-state index contributed by atoms with van der Waals surface area (Å²) in [4.78, 5) is 9.86. The second-order valence-electron chi connectivity index (χ2n) is 4.36. The van der Waals surface area contributed by atoms with Gasteiger partial charge in [-0.2, -0.15) is 0 Å². The van der Waals surface area contributed by atoms with Crippen LogP contribution in [0.4, 0.5) is 0 Å². The monoisotopic (exact) mass is 354 g/mol. The van der Waals surface area contributed by atoms with Crippen LogP contribution in [0.25, 0.3) is 11.1 Å². The highest BCUT2D eigenvalue weighted by Gasteiger charge is 2.14. The van der Waals surface area contributed by atoms with Gasteiger partial charge in [-0.3, -0.25) is 0 Å². The van der Waals surface area contributed by atoms with Gasteiger partial charge in [-0.05, 0) is 29.1 Å². The van der Waals surface area contributed by atoms with E-state index >= 15 is 0 Å². The second-order valence-corrected chi connectivity index (χ2v) is 6.55. The van der Waals surface area contributed by atoms with Crippen molar-refractivity contribution in [2.24, 2.45) is 0 Å². The fraction of sp³-hybridized carbons (Fsp3) is 0.0667. The molecule has 21 heavy (non-hydrogen) atoms. The highest BCUT2D eigenvalue weighted by Crippen LogP contribution is 2.33. The molecule has 2 nitrogen and oxygen atoms in total. The van der Waals surface area contributed by atoms with E-state index in [9.17, 15) is 0 Å². The van der Waals surface area contributed by atoms with Gasteiger partial charge in [0.2, 0.25) is 0 Å². The summed E-state index contributed by atoms with van der Waals surface area (Å²) in [5.74, 6) is 0.609. The van der Waals surface area contributed by atoms with Crippen LogP contribution in [0.15, 0.2) is 41.8 Å². The van der Waals surface area contributed by atoms with E-state index in [1.165, 1.54) is 0 Å². The lowest BCUT2D eigenvalue weighted by Gasteiger charge is -2.08. The molecular weight excluding hydrogens is 347 g/mol. The number of halogens is 3. The predicted molar refractivity (Wildman–Crippen MR) is 89.6 cm³/mol. The standard InChI is InChI=1S/C15H9Cl3N2S/c16-10-4-1-3-9(7-10)13-14(17)19-12(20-15(13)18)8-11-5-2-6-21-11/h1-7H,8H2. The molecule has 1 aromatic carbocycles. The molecule has 106 valence electrons. The smallest absolute Gasteiger partial charge is 0.142 e. The lowest BCUT2D eigenvalue weighted by molar-refractivity contribution is 0.983. The van der Waals surface area contributed by atoms with E-state index in [1.807, 2.05) is 29.6 Å². The van der Waals surface area contributed by atoms with Crippen LogP contribution in [0.5, 0.6) is 0 Å². The number of rotatable bonds is 3. The number of nitrogens with zero attached hydrogens (tertiary/aromatic N) is 2. The van der Waals surface area contributed by atoms with Gasteiger partial charge >= 0.3 is 0 Å².